The van der Waals surface area contributed by atoms with E-state index in [1.165, 1.54) is 18.6 Å². The highest BCUT2D eigenvalue weighted by atomic mass is 35.5. The fourth-order valence-corrected chi connectivity index (χ4v) is 3.45. The average molecular weight is 269 g/mol. The number of halogens is 2. The van der Waals surface area contributed by atoms with Gasteiger partial charge in [-0.15, -0.1) is 0 Å². The lowest BCUT2D eigenvalue weighted by Gasteiger charge is -2.26. The quantitative estimate of drug-likeness (QED) is 0.911. The lowest BCUT2D eigenvalue weighted by molar-refractivity contribution is -0.149. The zero-order valence-electron chi connectivity index (χ0n) is 9.83. The van der Waals surface area contributed by atoms with Crippen molar-refractivity contribution in [3.05, 3.63) is 34.6 Å². The van der Waals surface area contributed by atoms with Crippen LogP contribution in [-0.4, -0.2) is 11.1 Å². The third-order valence-electron chi connectivity index (χ3n) is 4.36. The molecule has 0 heterocycles. The maximum absolute atomic E-state index is 13.4. The Labute approximate surface area is 110 Å². The van der Waals surface area contributed by atoms with Crippen molar-refractivity contribution in [2.24, 2.45) is 17.3 Å². The summed E-state index contributed by atoms with van der Waals surface area (Å²) < 4.78 is 13.4. The lowest BCUT2D eigenvalue weighted by atomic mass is 9.77. The van der Waals surface area contributed by atoms with Gasteiger partial charge in [0, 0.05) is 0 Å². The van der Waals surface area contributed by atoms with E-state index in [1.54, 1.807) is 6.07 Å². The third-order valence-corrected chi connectivity index (χ3v) is 4.66. The van der Waals surface area contributed by atoms with E-state index in [9.17, 15) is 14.3 Å². The molecule has 0 aliphatic heterocycles. The van der Waals surface area contributed by atoms with Gasteiger partial charge in [0.1, 0.15) is 5.82 Å². The second-order valence-corrected chi connectivity index (χ2v) is 6.08. The van der Waals surface area contributed by atoms with Gasteiger partial charge < -0.3 is 5.11 Å². The van der Waals surface area contributed by atoms with Crippen molar-refractivity contribution in [2.45, 2.75) is 25.7 Å². The van der Waals surface area contributed by atoms with Gasteiger partial charge >= 0.3 is 5.97 Å². The zero-order chi connectivity index (χ0) is 12.9. The van der Waals surface area contributed by atoms with E-state index >= 15 is 0 Å². The standard InChI is InChI=1S/C14H14ClFO2/c15-11-2-1-8(3-12(11)16)5-14(13(17)18)6-9-4-10(9)7-14/h1-3,9-10H,4-7H2,(H,17,18). The Morgan fingerprint density at radius 1 is 1.44 bits per heavy atom. The molecule has 4 heteroatoms. The van der Waals surface area contributed by atoms with E-state index in [4.69, 9.17) is 11.6 Å². The van der Waals surface area contributed by atoms with Crippen LogP contribution in [0.15, 0.2) is 18.2 Å². The number of hydrogen-bond acceptors (Lipinski definition) is 1. The summed E-state index contributed by atoms with van der Waals surface area (Å²) in [6.07, 6.45) is 3.04. The largest absolute Gasteiger partial charge is 0.481 e. The van der Waals surface area contributed by atoms with E-state index in [2.05, 4.69) is 0 Å². The number of hydrogen-bond donors (Lipinski definition) is 1. The van der Waals surface area contributed by atoms with Gasteiger partial charge in [0.2, 0.25) is 0 Å². The van der Waals surface area contributed by atoms with Gasteiger partial charge in [-0.25, -0.2) is 4.39 Å². The fraction of sp³-hybridized carbons (Fsp3) is 0.500. The minimum Gasteiger partial charge on any atom is -0.481 e. The normalized spacial score (nSPS) is 33.2. The molecule has 0 aromatic heterocycles. The smallest absolute Gasteiger partial charge is 0.309 e. The Kier molecular flexibility index (Phi) is 2.63. The van der Waals surface area contributed by atoms with Gasteiger partial charge in [0.15, 0.2) is 0 Å². The van der Waals surface area contributed by atoms with Crippen LogP contribution in [0.3, 0.4) is 0 Å². The third kappa shape index (κ3) is 1.91. The molecule has 2 fully saturated rings. The number of carboxylic acid groups (broad SMARTS) is 1. The molecule has 2 saturated carbocycles. The molecular weight excluding hydrogens is 255 g/mol. The van der Waals surface area contributed by atoms with Gasteiger partial charge in [-0.2, -0.15) is 0 Å². The number of benzene rings is 1. The van der Waals surface area contributed by atoms with Crippen molar-refractivity contribution in [1.29, 1.82) is 0 Å². The van der Waals surface area contributed by atoms with Gasteiger partial charge in [-0.05, 0) is 55.2 Å². The molecule has 2 unspecified atom stereocenters. The maximum Gasteiger partial charge on any atom is 0.309 e. The first-order valence-electron chi connectivity index (χ1n) is 6.17. The number of fused-ring (bicyclic) bond motifs is 1. The molecule has 0 bridgehead atoms. The van der Waals surface area contributed by atoms with E-state index in [0.717, 1.165) is 18.4 Å². The van der Waals surface area contributed by atoms with Crippen molar-refractivity contribution in [3.8, 4) is 0 Å². The Morgan fingerprint density at radius 2 is 2.11 bits per heavy atom. The molecule has 1 aromatic carbocycles. The molecule has 2 atom stereocenters. The topological polar surface area (TPSA) is 37.3 Å². The Hall–Kier alpha value is -1.09. The van der Waals surface area contributed by atoms with Crippen LogP contribution < -0.4 is 0 Å². The van der Waals surface area contributed by atoms with E-state index < -0.39 is 17.2 Å². The predicted octanol–water partition coefficient (Wildman–Crippen LogP) is 3.52. The summed E-state index contributed by atoms with van der Waals surface area (Å²) in [5.41, 5.74) is 0.0361. The molecule has 18 heavy (non-hydrogen) atoms. The van der Waals surface area contributed by atoms with Crippen molar-refractivity contribution < 1.29 is 14.3 Å². The maximum atomic E-state index is 13.4. The SMILES string of the molecule is O=C(O)C1(Cc2ccc(Cl)c(F)c2)CC2CC2C1. The molecule has 0 amide bonds. The molecule has 2 aliphatic rings. The molecule has 3 rings (SSSR count). The summed E-state index contributed by atoms with van der Waals surface area (Å²) in [4.78, 5) is 11.5. The van der Waals surface area contributed by atoms with Crippen molar-refractivity contribution in [2.75, 3.05) is 0 Å². The van der Waals surface area contributed by atoms with Gasteiger partial charge in [-0.1, -0.05) is 17.7 Å². The van der Waals surface area contributed by atoms with Crippen molar-refractivity contribution >= 4 is 17.6 Å². The Balaban J connectivity index is 1.85. The minimum absolute atomic E-state index is 0.0809. The number of aliphatic carboxylic acids is 1. The molecule has 1 N–H and O–H groups in total. The van der Waals surface area contributed by atoms with Crippen LogP contribution in [0.2, 0.25) is 5.02 Å². The highest BCUT2D eigenvalue weighted by Gasteiger charge is 2.57. The van der Waals surface area contributed by atoms with Gasteiger partial charge in [0.05, 0.1) is 10.4 Å². The van der Waals surface area contributed by atoms with E-state index in [1.807, 2.05) is 0 Å². The molecule has 2 aliphatic carbocycles. The number of carbonyl (C=O) groups is 1. The average Bonchev–Trinajstić information content (AvgIpc) is 2.92. The molecule has 0 spiro atoms. The molecule has 0 radical (unpaired) electrons. The molecule has 0 saturated heterocycles. The van der Waals surface area contributed by atoms with Crippen molar-refractivity contribution in [3.63, 3.8) is 0 Å². The van der Waals surface area contributed by atoms with Crippen LogP contribution in [0.25, 0.3) is 0 Å². The van der Waals surface area contributed by atoms with E-state index in [0.29, 0.717) is 18.3 Å². The first kappa shape index (κ1) is 12.0. The summed E-state index contributed by atoms with van der Waals surface area (Å²) in [5.74, 6) is -0.0561. The van der Waals surface area contributed by atoms with Crippen LogP contribution in [0.1, 0.15) is 24.8 Å². The summed E-state index contributed by atoms with van der Waals surface area (Å²) in [5, 5.41) is 9.55. The van der Waals surface area contributed by atoms with Crippen LogP contribution in [0.5, 0.6) is 0 Å². The van der Waals surface area contributed by atoms with Crippen LogP contribution in [0.4, 0.5) is 4.39 Å². The van der Waals surface area contributed by atoms with Crippen molar-refractivity contribution in [1.82, 2.24) is 0 Å². The molecule has 1 aromatic rings. The first-order valence-corrected chi connectivity index (χ1v) is 6.55. The summed E-state index contributed by atoms with van der Waals surface area (Å²) in [6.45, 7) is 0. The predicted molar refractivity (Wildman–Crippen MR) is 66.0 cm³/mol. The Morgan fingerprint density at radius 3 is 2.67 bits per heavy atom. The van der Waals surface area contributed by atoms with Gasteiger partial charge in [0.25, 0.3) is 0 Å². The van der Waals surface area contributed by atoms with Crippen LogP contribution in [-0.2, 0) is 11.2 Å². The lowest BCUT2D eigenvalue weighted by Crippen LogP contribution is -2.32. The number of rotatable bonds is 3. The van der Waals surface area contributed by atoms with E-state index in [-0.39, 0.29) is 5.02 Å². The molecular formula is C14H14ClFO2. The molecule has 2 nitrogen and oxygen atoms in total. The molecule has 96 valence electrons. The highest BCUT2D eigenvalue weighted by molar-refractivity contribution is 6.30. The minimum atomic E-state index is -0.745. The monoisotopic (exact) mass is 268 g/mol. The van der Waals surface area contributed by atoms with Gasteiger partial charge in [-0.3, -0.25) is 4.79 Å². The highest BCUT2D eigenvalue weighted by Crippen LogP contribution is 2.60. The van der Waals surface area contributed by atoms with Crippen LogP contribution >= 0.6 is 11.6 Å². The second-order valence-electron chi connectivity index (χ2n) is 5.67. The fourth-order valence-electron chi connectivity index (χ4n) is 3.33. The van der Waals surface area contributed by atoms with Crippen LogP contribution in [0, 0.1) is 23.1 Å². The first-order chi connectivity index (χ1) is 8.50. The second kappa shape index (κ2) is 3.95. The number of carboxylic acids is 1. The zero-order valence-corrected chi connectivity index (χ0v) is 10.6. The summed E-state index contributed by atoms with van der Waals surface area (Å²) in [6, 6.07) is 4.58. The Bertz CT molecular complexity index is 505. The summed E-state index contributed by atoms with van der Waals surface area (Å²) >= 11 is 5.63. The summed E-state index contributed by atoms with van der Waals surface area (Å²) in [7, 11) is 0.